The molecule has 0 radical (unpaired) electrons. The molecule has 0 aliphatic rings. The molecule has 1 N–H and O–H groups in total. The third kappa shape index (κ3) is 4.78. The van der Waals surface area contributed by atoms with Gasteiger partial charge in [-0.1, -0.05) is 0 Å². The molecular weight excluding hydrogens is 229 g/mol. The molecule has 0 saturated carbocycles. The Labute approximate surface area is 88.3 Å². The molecular formula is C8H9F3N2OS. The van der Waals surface area contributed by atoms with Crippen molar-refractivity contribution in [2.45, 2.75) is 25.9 Å². The number of hydrogen-bond donors (Lipinski definition) is 1. The van der Waals surface area contributed by atoms with Crippen LogP contribution < -0.4 is 5.32 Å². The smallest absolute Gasteiger partial charge is 0.302 e. The maximum Gasteiger partial charge on any atom is 0.389 e. The Kier molecular flexibility index (Phi) is 3.67. The van der Waals surface area contributed by atoms with Crippen LogP contribution in [-0.4, -0.2) is 17.1 Å². The highest BCUT2D eigenvalue weighted by Gasteiger charge is 2.27. The first-order valence-electron chi connectivity index (χ1n) is 4.16. The van der Waals surface area contributed by atoms with Gasteiger partial charge in [-0.2, -0.15) is 13.2 Å². The van der Waals surface area contributed by atoms with Gasteiger partial charge in [0.25, 0.3) is 0 Å². The number of anilines is 1. The molecule has 0 aliphatic carbocycles. The highest BCUT2D eigenvalue weighted by atomic mass is 32.1. The summed E-state index contributed by atoms with van der Waals surface area (Å²) in [7, 11) is 0. The second-order valence-electron chi connectivity index (χ2n) is 2.94. The normalized spacial score (nSPS) is 11.5. The van der Waals surface area contributed by atoms with Crippen molar-refractivity contribution in [3.8, 4) is 0 Å². The summed E-state index contributed by atoms with van der Waals surface area (Å²) in [4.78, 5) is 15.7. The molecule has 0 aliphatic heterocycles. The van der Waals surface area contributed by atoms with E-state index in [1.165, 1.54) is 11.3 Å². The molecule has 0 bridgehead atoms. The summed E-state index contributed by atoms with van der Waals surface area (Å²) in [5, 5.41) is 2.64. The molecule has 0 saturated heterocycles. The molecule has 7 heteroatoms. The number of alkyl halides is 3. The highest BCUT2D eigenvalue weighted by Crippen LogP contribution is 2.22. The van der Waals surface area contributed by atoms with Crippen LogP contribution >= 0.6 is 11.3 Å². The van der Waals surface area contributed by atoms with Crippen LogP contribution in [0.5, 0.6) is 0 Å². The number of thiazole rings is 1. The first kappa shape index (κ1) is 12.0. The van der Waals surface area contributed by atoms with Crippen molar-refractivity contribution >= 4 is 22.4 Å². The molecule has 15 heavy (non-hydrogen) atoms. The zero-order valence-corrected chi connectivity index (χ0v) is 8.71. The second kappa shape index (κ2) is 4.61. The summed E-state index contributed by atoms with van der Waals surface area (Å²) in [5.74, 6) is -0.665. The van der Waals surface area contributed by atoms with Crippen LogP contribution in [-0.2, 0) is 4.79 Å². The summed E-state index contributed by atoms with van der Waals surface area (Å²) in [5.41, 5.74) is 0. The lowest BCUT2D eigenvalue weighted by Crippen LogP contribution is -2.16. The van der Waals surface area contributed by atoms with Crippen molar-refractivity contribution in [1.29, 1.82) is 0 Å². The second-order valence-corrected chi connectivity index (χ2v) is 4.17. The van der Waals surface area contributed by atoms with Gasteiger partial charge in [-0.15, -0.1) is 11.3 Å². The van der Waals surface area contributed by atoms with E-state index < -0.39 is 24.9 Å². The maximum atomic E-state index is 11.8. The molecule has 0 unspecified atom stereocenters. The van der Waals surface area contributed by atoms with E-state index >= 15 is 0 Å². The summed E-state index contributed by atoms with van der Waals surface area (Å²) in [6, 6.07) is 0. The summed E-state index contributed by atoms with van der Waals surface area (Å²) < 4.78 is 35.3. The van der Waals surface area contributed by atoms with E-state index in [2.05, 4.69) is 10.3 Å². The third-order valence-corrected chi connectivity index (χ3v) is 2.33. The predicted octanol–water partition coefficient (Wildman–Crippen LogP) is 2.73. The quantitative estimate of drug-likeness (QED) is 0.879. The Bertz CT molecular complexity index is 348. The van der Waals surface area contributed by atoms with Crippen molar-refractivity contribution in [3.63, 3.8) is 0 Å². The average Bonchev–Trinajstić information content (AvgIpc) is 2.47. The van der Waals surface area contributed by atoms with Gasteiger partial charge in [-0.3, -0.25) is 4.79 Å². The Morgan fingerprint density at radius 2 is 2.27 bits per heavy atom. The number of carbonyl (C=O) groups is 1. The summed E-state index contributed by atoms with van der Waals surface area (Å²) in [6.07, 6.45) is -4.43. The van der Waals surface area contributed by atoms with Gasteiger partial charge in [-0.25, -0.2) is 4.98 Å². The van der Waals surface area contributed by atoms with Crippen molar-refractivity contribution in [3.05, 3.63) is 11.1 Å². The molecule has 1 heterocycles. The van der Waals surface area contributed by atoms with Crippen LogP contribution in [0, 0.1) is 6.92 Å². The number of halogens is 3. The van der Waals surface area contributed by atoms with Gasteiger partial charge in [0, 0.05) is 17.5 Å². The molecule has 0 atom stereocenters. The average molecular weight is 238 g/mol. The minimum Gasteiger partial charge on any atom is -0.302 e. The van der Waals surface area contributed by atoms with Gasteiger partial charge >= 0.3 is 6.18 Å². The standard InChI is InChI=1S/C8H9F3N2OS/c1-5-4-12-7(15-5)13-6(14)2-3-8(9,10)11/h4H,2-3H2,1H3,(H,12,13,14). The van der Waals surface area contributed by atoms with Gasteiger partial charge in [0.05, 0.1) is 6.42 Å². The first-order valence-corrected chi connectivity index (χ1v) is 4.97. The van der Waals surface area contributed by atoms with Crippen LogP contribution in [0.15, 0.2) is 6.20 Å². The molecule has 0 spiro atoms. The largest absolute Gasteiger partial charge is 0.389 e. The lowest BCUT2D eigenvalue weighted by molar-refractivity contribution is -0.142. The Morgan fingerprint density at radius 3 is 2.73 bits per heavy atom. The third-order valence-electron chi connectivity index (χ3n) is 1.50. The first-order chi connectivity index (χ1) is 6.87. The van der Waals surface area contributed by atoms with Crippen molar-refractivity contribution in [2.75, 3.05) is 5.32 Å². The molecule has 1 aromatic heterocycles. The minimum absolute atomic E-state index is 0.333. The van der Waals surface area contributed by atoms with Crippen molar-refractivity contribution in [2.24, 2.45) is 0 Å². The summed E-state index contributed by atoms with van der Waals surface area (Å²) in [6.45, 7) is 1.79. The number of amides is 1. The van der Waals surface area contributed by atoms with E-state index in [0.717, 1.165) is 4.88 Å². The van der Waals surface area contributed by atoms with Crippen LogP contribution in [0.1, 0.15) is 17.7 Å². The fraction of sp³-hybridized carbons (Fsp3) is 0.500. The number of nitrogens with zero attached hydrogens (tertiary/aromatic N) is 1. The summed E-state index contributed by atoms with van der Waals surface area (Å²) >= 11 is 1.23. The monoisotopic (exact) mass is 238 g/mol. The van der Waals surface area contributed by atoms with Crippen LogP contribution in [0.2, 0.25) is 0 Å². The van der Waals surface area contributed by atoms with E-state index in [-0.39, 0.29) is 0 Å². The highest BCUT2D eigenvalue weighted by molar-refractivity contribution is 7.15. The lowest BCUT2D eigenvalue weighted by atomic mass is 10.3. The Morgan fingerprint density at radius 1 is 1.60 bits per heavy atom. The van der Waals surface area contributed by atoms with Gasteiger partial charge in [0.1, 0.15) is 0 Å². The molecule has 1 aromatic rings. The van der Waals surface area contributed by atoms with Crippen LogP contribution in [0.4, 0.5) is 18.3 Å². The lowest BCUT2D eigenvalue weighted by Gasteiger charge is -2.05. The predicted molar refractivity (Wildman–Crippen MR) is 50.8 cm³/mol. The van der Waals surface area contributed by atoms with E-state index in [1.807, 2.05) is 0 Å². The van der Waals surface area contributed by atoms with Gasteiger partial charge in [0.2, 0.25) is 5.91 Å². The fourth-order valence-corrected chi connectivity index (χ4v) is 1.53. The Balaban J connectivity index is 2.37. The Hall–Kier alpha value is -1.11. The van der Waals surface area contributed by atoms with Crippen molar-refractivity contribution in [1.82, 2.24) is 4.98 Å². The number of carbonyl (C=O) groups excluding carboxylic acids is 1. The van der Waals surface area contributed by atoms with Crippen LogP contribution in [0.3, 0.4) is 0 Å². The van der Waals surface area contributed by atoms with Crippen LogP contribution in [0.25, 0.3) is 0 Å². The SMILES string of the molecule is Cc1cnc(NC(=O)CCC(F)(F)F)s1. The number of nitrogens with one attached hydrogen (secondary N) is 1. The van der Waals surface area contributed by atoms with E-state index in [4.69, 9.17) is 0 Å². The molecule has 1 amide bonds. The molecule has 84 valence electrons. The van der Waals surface area contributed by atoms with Gasteiger partial charge in [0.15, 0.2) is 5.13 Å². The molecule has 0 fully saturated rings. The zero-order chi connectivity index (χ0) is 11.5. The fourth-order valence-electron chi connectivity index (χ4n) is 0.850. The van der Waals surface area contributed by atoms with E-state index in [1.54, 1.807) is 13.1 Å². The van der Waals surface area contributed by atoms with Crippen molar-refractivity contribution < 1.29 is 18.0 Å². The molecule has 0 aromatic carbocycles. The zero-order valence-electron chi connectivity index (χ0n) is 7.89. The maximum absolute atomic E-state index is 11.8. The number of rotatable bonds is 3. The number of hydrogen-bond acceptors (Lipinski definition) is 3. The van der Waals surface area contributed by atoms with Gasteiger partial charge in [-0.05, 0) is 6.92 Å². The van der Waals surface area contributed by atoms with E-state index in [9.17, 15) is 18.0 Å². The number of aromatic nitrogens is 1. The van der Waals surface area contributed by atoms with E-state index in [0.29, 0.717) is 5.13 Å². The van der Waals surface area contributed by atoms with Gasteiger partial charge < -0.3 is 5.32 Å². The minimum atomic E-state index is -4.30. The topological polar surface area (TPSA) is 42.0 Å². The number of aryl methyl sites for hydroxylation is 1. The molecule has 1 rings (SSSR count). The molecule has 3 nitrogen and oxygen atoms in total.